The topological polar surface area (TPSA) is 47.6 Å². The summed E-state index contributed by atoms with van der Waals surface area (Å²) in [5.74, 6) is 0. The van der Waals surface area contributed by atoms with Gasteiger partial charge in [-0.15, -0.1) is 0 Å². The number of hydrogen-bond acceptors (Lipinski definition) is 3. The third-order valence-electron chi connectivity index (χ3n) is 2.98. The number of halogens is 3. The molecule has 0 atom stereocenters. The van der Waals surface area contributed by atoms with Crippen LogP contribution in [-0.2, 0) is 4.84 Å². The monoisotopic (exact) mass is 308 g/mol. The molecule has 0 amide bonds. The predicted octanol–water partition coefficient (Wildman–Crippen LogP) is 4.24. The Bertz CT molecular complexity index is 664. The molecule has 3 nitrogen and oxygen atoms in total. The minimum atomic E-state index is -4.58. The van der Waals surface area contributed by atoms with Crippen LogP contribution >= 0.6 is 0 Å². The van der Waals surface area contributed by atoms with E-state index in [1.54, 1.807) is 31.2 Å². The summed E-state index contributed by atoms with van der Waals surface area (Å²) in [5, 5.41) is 3.17. The molecular formula is C16H15F3N2O. The van der Waals surface area contributed by atoms with Gasteiger partial charge in [-0.05, 0) is 18.6 Å². The van der Waals surface area contributed by atoms with Crippen LogP contribution in [0.1, 0.15) is 12.5 Å². The van der Waals surface area contributed by atoms with E-state index < -0.39 is 11.9 Å². The van der Waals surface area contributed by atoms with Gasteiger partial charge in [0.15, 0.2) is 5.71 Å². The molecule has 116 valence electrons. The maximum absolute atomic E-state index is 13.0. The summed E-state index contributed by atoms with van der Waals surface area (Å²) < 4.78 is 39.0. The van der Waals surface area contributed by atoms with E-state index >= 15 is 0 Å². The Kier molecular flexibility index (Phi) is 4.70. The maximum atomic E-state index is 13.0. The first-order chi connectivity index (χ1) is 10.4. The molecule has 0 saturated carbocycles. The largest absolute Gasteiger partial charge is 0.437 e. The van der Waals surface area contributed by atoms with Gasteiger partial charge in [0, 0.05) is 16.8 Å². The van der Waals surface area contributed by atoms with E-state index in [9.17, 15) is 13.2 Å². The lowest BCUT2D eigenvalue weighted by Crippen LogP contribution is -2.24. The van der Waals surface area contributed by atoms with Gasteiger partial charge < -0.3 is 10.6 Å². The SMILES string of the molecule is CCO/N=C(/c1ccc(-c2ccccc2N)cc1)C(F)(F)F. The fourth-order valence-electron chi connectivity index (χ4n) is 1.96. The number of hydrogen-bond donors (Lipinski definition) is 1. The molecule has 0 fully saturated rings. The minimum Gasteiger partial charge on any atom is -0.398 e. The molecule has 6 heteroatoms. The maximum Gasteiger partial charge on any atom is 0.437 e. The molecule has 2 aromatic carbocycles. The van der Waals surface area contributed by atoms with Gasteiger partial charge in [0.2, 0.25) is 0 Å². The normalized spacial score (nSPS) is 12.3. The van der Waals surface area contributed by atoms with Crippen molar-refractivity contribution in [1.29, 1.82) is 0 Å². The van der Waals surface area contributed by atoms with Crippen LogP contribution in [0.5, 0.6) is 0 Å². The van der Waals surface area contributed by atoms with Crippen molar-refractivity contribution in [3.8, 4) is 11.1 Å². The molecule has 0 unspecified atom stereocenters. The van der Waals surface area contributed by atoms with E-state index in [-0.39, 0.29) is 12.2 Å². The van der Waals surface area contributed by atoms with Gasteiger partial charge in [0.25, 0.3) is 0 Å². The molecule has 0 aliphatic carbocycles. The van der Waals surface area contributed by atoms with Crippen molar-refractivity contribution >= 4 is 11.4 Å². The zero-order chi connectivity index (χ0) is 16.2. The number of para-hydroxylation sites is 1. The second kappa shape index (κ2) is 6.51. The van der Waals surface area contributed by atoms with Crippen molar-refractivity contribution in [1.82, 2.24) is 0 Å². The van der Waals surface area contributed by atoms with Gasteiger partial charge in [0.05, 0.1) is 0 Å². The number of rotatable bonds is 4. The summed E-state index contributed by atoms with van der Waals surface area (Å²) in [4.78, 5) is 4.56. The van der Waals surface area contributed by atoms with E-state index in [1.807, 2.05) is 12.1 Å². The highest BCUT2D eigenvalue weighted by atomic mass is 19.4. The molecule has 0 heterocycles. The Hall–Kier alpha value is -2.50. The molecule has 2 N–H and O–H groups in total. The molecule has 0 aliphatic rings. The van der Waals surface area contributed by atoms with Crippen LogP contribution in [-0.4, -0.2) is 18.5 Å². The lowest BCUT2D eigenvalue weighted by molar-refractivity contribution is -0.0613. The fourth-order valence-corrected chi connectivity index (χ4v) is 1.96. The summed E-state index contributed by atoms with van der Waals surface area (Å²) in [7, 11) is 0. The second-order valence-corrected chi connectivity index (χ2v) is 4.52. The van der Waals surface area contributed by atoms with E-state index in [4.69, 9.17) is 5.73 Å². The first-order valence-electron chi connectivity index (χ1n) is 6.66. The van der Waals surface area contributed by atoms with Crippen LogP contribution in [0.4, 0.5) is 18.9 Å². The number of benzene rings is 2. The van der Waals surface area contributed by atoms with Crippen LogP contribution in [0.25, 0.3) is 11.1 Å². The smallest absolute Gasteiger partial charge is 0.398 e. The summed E-state index contributed by atoms with van der Waals surface area (Å²) in [6.45, 7) is 1.64. The number of nitrogens with zero attached hydrogens (tertiary/aromatic N) is 1. The summed E-state index contributed by atoms with van der Waals surface area (Å²) >= 11 is 0. The molecule has 0 bridgehead atoms. The highest BCUT2D eigenvalue weighted by Crippen LogP contribution is 2.28. The van der Waals surface area contributed by atoms with Crippen LogP contribution in [0, 0.1) is 0 Å². The lowest BCUT2D eigenvalue weighted by atomic mass is 10.0. The van der Waals surface area contributed by atoms with Crippen molar-refractivity contribution < 1.29 is 18.0 Å². The Morgan fingerprint density at radius 1 is 1.09 bits per heavy atom. The van der Waals surface area contributed by atoms with Gasteiger partial charge >= 0.3 is 6.18 Å². The zero-order valence-electron chi connectivity index (χ0n) is 11.9. The highest BCUT2D eigenvalue weighted by molar-refractivity contribution is 6.04. The summed E-state index contributed by atoms with van der Waals surface area (Å²) in [5.41, 5.74) is 6.82. The van der Waals surface area contributed by atoms with Crippen molar-refractivity contribution in [2.75, 3.05) is 12.3 Å². The first kappa shape index (κ1) is 15.9. The average molecular weight is 308 g/mol. The van der Waals surface area contributed by atoms with Crippen molar-refractivity contribution in [2.24, 2.45) is 5.16 Å². The number of oxime groups is 1. The Balaban J connectivity index is 2.37. The van der Waals surface area contributed by atoms with Crippen molar-refractivity contribution in [2.45, 2.75) is 13.1 Å². The van der Waals surface area contributed by atoms with E-state index in [2.05, 4.69) is 9.99 Å². The van der Waals surface area contributed by atoms with Crippen LogP contribution in [0.2, 0.25) is 0 Å². The van der Waals surface area contributed by atoms with E-state index in [0.29, 0.717) is 5.69 Å². The van der Waals surface area contributed by atoms with Gasteiger partial charge in [-0.2, -0.15) is 13.2 Å². The van der Waals surface area contributed by atoms with Crippen molar-refractivity contribution in [3.63, 3.8) is 0 Å². The summed E-state index contributed by atoms with van der Waals surface area (Å²) in [6, 6.07) is 13.0. The highest BCUT2D eigenvalue weighted by Gasteiger charge is 2.37. The molecule has 22 heavy (non-hydrogen) atoms. The molecule has 0 aromatic heterocycles. The third-order valence-corrected chi connectivity index (χ3v) is 2.98. The van der Waals surface area contributed by atoms with Crippen LogP contribution < -0.4 is 5.73 Å². The third kappa shape index (κ3) is 3.58. The molecule has 0 saturated heterocycles. The van der Waals surface area contributed by atoms with Crippen LogP contribution in [0.15, 0.2) is 53.7 Å². The predicted molar refractivity (Wildman–Crippen MR) is 80.5 cm³/mol. The zero-order valence-corrected chi connectivity index (χ0v) is 11.9. The van der Waals surface area contributed by atoms with Gasteiger partial charge in [-0.1, -0.05) is 47.6 Å². The number of nitrogens with two attached hydrogens (primary N) is 1. The van der Waals surface area contributed by atoms with Crippen molar-refractivity contribution in [3.05, 3.63) is 54.1 Å². The molecule has 2 rings (SSSR count). The van der Waals surface area contributed by atoms with E-state index in [1.165, 1.54) is 12.1 Å². The fraction of sp³-hybridized carbons (Fsp3) is 0.188. The average Bonchev–Trinajstić information content (AvgIpc) is 2.48. The standard InChI is InChI=1S/C16H15F3N2O/c1-2-22-21-15(16(17,18)19)12-9-7-11(8-10-12)13-5-3-4-6-14(13)20/h3-10H,2,20H2,1H3/b21-15-. The molecule has 0 radical (unpaired) electrons. The summed E-state index contributed by atoms with van der Waals surface area (Å²) in [6.07, 6.45) is -4.58. The molecular weight excluding hydrogens is 293 g/mol. The number of nitrogen functional groups attached to an aromatic ring is 1. The Labute approximate surface area is 126 Å². The molecule has 2 aromatic rings. The van der Waals surface area contributed by atoms with Gasteiger partial charge in [-0.3, -0.25) is 0 Å². The lowest BCUT2D eigenvalue weighted by Gasteiger charge is -2.11. The molecule has 0 spiro atoms. The number of alkyl halides is 3. The molecule has 0 aliphatic heterocycles. The quantitative estimate of drug-likeness (QED) is 0.522. The second-order valence-electron chi connectivity index (χ2n) is 4.52. The minimum absolute atomic E-state index is 0.0563. The van der Waals surface area contributed by atoms with Gasteiger partial charge in [0.1, 0.15) is 6.61 Å². The van der Waals surface area contributed by atoms with E-state index in [0.717, 1.165) is 11.1 Å². The Morgan fingerprint density at radius 3 is 2.27 bits per heavy atom. The Morgan fingerprint density at radius 2 is 1.73 bits per heavy atom. The number of anilines is 1. The van der Waals surface area contributed by atoms with Crippen LogP contribution in [0.3, 0.4) is 0 Å². The van der Waals surface area contributed by atoms with Gasteiger partial charge in [-0.25, -0.2) is 0 Å². The first-order valence-corrected chi connectivity index (χ1v) is 6.66.